The van der Waals surface area contributed by atoms with Crippen LogP contribution in [0.15, 0.2) is 54.7 Å². The molecule has 2 aliphatic heterocycles. The van der Waals surface area contributed by atoms with E-state index in [0.29, 0.717) is 10.1 Å². The van der Waals surface area contributed by atoms with Crippen molar-refractivity contribution >= 4 is 34.6 Å². The Morgan fingerprint density at radius 2 is 1.86 bits per heavy atom. The van der Waals surface area contributed by atoms with Gasteiger partial charge in [-0.15, -0.1) is 0 Å². The van der Waals surface area contributed by atoms with Gasteiger partial charge in [-0.2, -0.15) is 0 Å². The van der Waals surface area contributed by atoms with Crippen LogP contribution < -0.4 is 10.2 Å². The van der Waals surface area contributed by atoms with E-state index < -0.39 is 0 Å². The summed E-state index contributed by atoms with van der Waals surface area (Å²) in [5.74, 6) is 0. The summed E-state index contributed by atoms with van der Waals surface area (Å²) < 4.78 is 7.94. The van der Waals surface area contributed by atoms with Gasteiger partial charge in [0.1, 0.15) is 0 Å². The Hall–Kier alpha value is -2.45. The van der Waals surface area contributed by atoms with Crippen LogP contribution in [0.25, 0.3) is 0 Å². The van der Waals surface area contributed by atoms with E-state index in [-0.39, 0.29) is 12.1 Å². The number of benzene rings is 1. The SMILES string of the molecule is Cc1cc([C@@H]2[C@H](c3ccccn3)NC(=S)N2c2ccc(Cl)cc2)c(C)n1CCCN1CCOCC1. The average molecular weight is 510 g/mol. The third-order valence-corrected chi connectivity index (χ3v) is 7.66. The summed E-state index contributed by atoms with van der Waals surface area (Å²) >= 11 is 12.1. The number of nitrogens with one attached hydrogen (secondary N) is 1. The second-order valence-electron chi connectivity index (χ2n) is 9.26. The lowest BCUT2D eigenvalue weighted by atomic mass is 9.96. The van der Waals surface area contributed by atoms with Gasteiger partial charge in [0.05, 0.1) is 31.0 Å². The molecule has 0 unspecified atom stereocenters. The standard InChI is InChI=1S/C27H32ClN5OS/c1-19-18-23(20(2)32(19)13-5-12-31-14-16-34-17-15-31)26-25(24-6-3-4-11-29-24)30-27(35)33(26)22-9-7-21(28)8-10-22/h3-4,6-11,18,25-26H,5,12-17H2,1-2H3,(H,30,35)/t25-,26+/m0/s1. The number of nitrogens with zero attached hydrogens (tertiary/aromatic N) is 4. The fourth-order valence-electron chi connectivity index (χ4n) is 5.30. The average Bonchev–Trinajstić information content (AvgIpc) is 3.36. The highest BCUT2D eigenvalue weighted by molar-refractivity contribution is 7.80. The predicted molar refractivity (Wildman–Crippen MR) is 145 cm³/mol. The van der Waals surface area contributed by atoms with Crippen molar-refractivity contribution in [1.82, 2.24) is 19.8 Å². The molecular formula is C27H32ClN5OS. The van der Waals surface area contributed by atoms with E-state index in [2.05, 4.69) is 50.6 Å². The van der Waals surface area contributed by atoms with Gasteiger partial charge in [-0.25, -0.2) is 0 Å². The summed E-state index contributed by atoms with van der Waals surface area (Å²) in [4.78, 5) is 9.39. The maximum Gasteiger partial charge on any atom is 0.174 e. The Kier molecular flexibility index (Phi) is 7.39. The number of ether oxygens (including phenoxy) is 1. The number of thiocarbonyl (C=S) groups is 1. The number of halogens is 1. The zero-order valence-corrected chi connectivity index (χ0v) is 21.9. The molecule has 2 saturated heterocycles. The minimum atomic E-state index is -0.0540. The molecule has 4 heterocycles. The Bertz CT molecular complexity index is 1160. The quantitative estimate of drug-likeness (QED) is 0.449. The molecule has 0 bridgehead atoms. The van der Waals surface area contributed by atoms with Crippen LogP contribution in [-0.2, 0) is 11.3 Å². The first-order valence-electron chi connectivity index (χ1n) is 12.3. The first kappa shape index (κ1) is 24.3. The maximum absolute atomic E-state index is 6.20. The molecule has 184 valence electrons. The zero-order valence-electron chi connectivity index (χ0n) is 20.3. The van der Waals surface area contributed by atoms with E-state index in [4.69, 9.17) is 28.6 Å². The van der Waals surface area contributed by atoms with Crippen LogP contribution in [-0.4, -0.2) is 52.4 Å². The molecule has 2 atom stereocenters. The molecular weight excluding hydrogens is 478 g/mol. The Morgan fingerprint density at radius 3 is 2.57 bits per heavy atom. The fourth-order valence-corrected chi connectivity index (χ4v) is 5.77. The lowest BCUT2D eigenvalue weighted by Crippen LogP contribution is -2.37. The molecule has 0 saturated carbocycles. The van der Waals surface area contributed by atoms with Crippen LogP contribution in [0.2, 0.25) is 5.02 Å². The van der Waals surface area contributed by atoms with Crippen molar-refractivity contribution in [2.24, 2.45) is 0 Å². The molecule has 0 radical (unpaired) electrons. The molecule has 2 aliphatic rings. The van der Waals surface area contributed by atoms with Gasteiger partial charge in [-0.1, -0.05) is 17.7 Å². The highest BCUT2D eigenvalue weighted by Crippen LogP contribution is 2.43. The van der Waals surface area contributed by atoms with E-state index in [9.17, 15) is 0 Å². The molecule has 35 heavy (non-hydrogen) atoms. The summed E-state index contributed by atoms with van der Waals surface area (Å²) in [6.45, 7) is 10.3. The van der Waals surface area contributed by atoms with Crippen LogP contribution in [0.5, 0.6) is 0 Å². The second kappa shape index (κ2) is 10.7. The van der Waals surface area contributed by atoms with Gasteiger partial charge >= 0.3 is 0 Å². The smallest absolute Gasteiger partial charge is 0.174 e. The van der Waals surface area contributed by atoms with Crippen molar-refractivity contribution in [1.29, 1.82) is 0 Å². The molecule has 5 rings (SSSR count). The number of hydrogen-bond acceptors (Lipinski definition) is 4. The van der Waals surface area contributed by atoms with Gasteiger partial charge in [-0.05, 0) is 80.5 Å². The first-order valence-corrected chi connectivity index (χ1v) is 13.0. The Balaban J connectivity index is 1.46. The number of aromatic nitrogens is 2. The molecule has 0 aliphatic carbocycles. The fraction of sp³-hybridized carbons (Fsp3) is 0.407. The number of anilines is 1. The van der Waals surface area contributed by atoms with Crippen molar-refractivity contribution < 1.29 is 4.74 Å². The molecule has 0 spiro atoms. The Morgan fingerprint density at radius 1 is 1.09 bits per heavy atom. The predicted octanol–water partition coefficient (Wildman–Crippen LogP) is 5.05. The van der Waals surface area contributed by atoms with Crippen LogP contribution in [0.4, 0.5) is 5.69 Å². The number of rotatable bonds is 7. The van der Waals surface area contributed by atoms with E-state index in [0.717, 1.165) is 57.2 Å². The van der Waals surface area contributed by atoms with Gasteiger partial charge in [-0.3, -0.25) is 9.88 Å². The number of aryl methyl sites for hydroxylation is 1. The van der Waals surface area contributed by atoms with E-state index >= 15 is 0 Å². The third kappa shape index (κ3) is 5.09. The Labute approximate surface area is 217 Å². The minimum Gasteiger partial charge on any atom is -0.379 e. The van der Waals surface area contributed by atoms with Crippen LogP contribution in [0, 0.1) is 13.8 Å². The number of morpholine rings is 1. The molecule has 2 fully saturated rings. The van der Waals surface area contributed by atoms with Gasteiger partial charge < -0.3 is 19.5 Å². The monoisotopic (exact) mass is 509 g/mol. The van der Waals surface area contributed by atoms with Crippen LogP contribution in [0.1, 0.15) is 41.1 Å². The highest BCUT2D eigenvalue weighted by atomic mass is 35.5. The summed E-state index contributed by atoms with van der Waals surface area (Å²) in [5.41, 5.74) is 5.82. The van der Waals surface area contributed by atoms with E-state index in [1.54, 1.807) is 0 Å². The molecule has 1 aromatic carbocycles. The molecule has 8 heteroatoms. The maximum atomic E-state index is 6.20. The second-order valence-corrected chi connectivity index (χ2v) is 10.1. The summed E-state index contributed by atoms with van der Waals surface area (Å²) in [6.07, 6.45) is 2.96. The topological polar surface area (TPSA) is 45.6 Å². The molecule has 0 amide bonds. The normalized spacial score (nSPS) is 20.9. The molecule has 2 aromatic heterocycles. The number of hydrogen-bond donors (Lipinski definition) is 1. The lowest BCUT2D eigenvalue weighted by molar-refractivity contribution is 0.0369. The molecule has 6 nitrogen and oxygen atoms in total. The van der Waals surface area contributed by atoms with Crippen molar-refractivity contribution in [2.45, 2.75) is 38.9 Å². The van der Waals surface area contributed by atoms with E-state index in [1.165, 1.54) is 17.0 Å². The summed E-state index contributed by atoms with van der Waals surface area (Å²) in [6, 6.07) is 16.2. The summed E-state index contributed by atoms with van der Waals surface area (Å²) in [7, 11) is 0. The van der Waals surface area contributed by atoms with Gasteiger partial charge in [0.25, 0.3) is 0 Å². The zero-order chi connectivity index (χ0) is 24.4. The summed E-state index contributed by atoms with van der Waals surface area (Å²) in [5, 5.41) is 4.97. The molecule has 1 N–H and O–H groups in total. The van der Waals surface area contributed by atoms with Crippen LogP contribution in [0.3, 0.4) is 0 Å². The van der Waals surface area contributed by atoms with Crippen LogP contribution >= 0.6 is 23.8 Å². The lowest BCUT2D eigenvalue weighted by Gasteiger charge is -2.28. The third-order valence-electron chi connectivity index (χ3n) is 7.09. The first-order chi connectivity index (χ1) is 17.0. The van der Waals surface area contributed by atoms with Gasteiger partial charge in [0.15, 0.2) is 5.11 Å². The van der Waals surface area contributed by atoms with Gasteiger partial charge in [0.2, 0.25) is 0 Å². The number of pyridine rings is 1. The van der Waals surface area contributed by atoms with Crippen molar-refractivity contribution in [3.63, 3.8) is 0 Å². The molecule has 3 aromatic rings. The van der Waals surface area contributed by atoms with Gasteiger partial charge in [0, 0.05) is 54.5 Å². The van der Waals surface area contributed by atoms with Crippen molar-refractivity contribution in [3.05, 3.63) is 82.4 Å². The van der Waals surface area contributed by atoms with E-state index in [1.807, 2.05) is 42.6 Å². The van der Waals surface area contributed by atoms with Crippen molar-refractivity contribution in [2.75, 3.05) is 37.7 Å². The largest absolute Gasteiger partial charge is 0.379 e. The van der Waals surface area contributed by atoms with Crippen molar-refractivity contribution in [3.8, 4) is 0 Å². The highest BCUT2D eigenvalue weighted by Gasteiger charge is 2.42. The minimum absolute atomic E-state index is 0.0160.